The Morgan fingerprint density at radius 1 is 1.11 bits per heavy atom. The summed E-state index contributed by atoms with van der Waals surface area (Å²) in [5.74, 6) is -0.956. The zero-order valence-electron chi connectivity index (χ0n) is 15.1. The Morgan fingerprint density at radius 2 is 1.74 bits per heavy atom. The zero-order valence-corrected chi connectivity index (χ0v) is 16.7. The lowest BCUT2D eigenvalue weighted by Crippen LogP contribution is -2.22. The van der Waals surface area contributed by atoms with Gasteiger partial charge in [0.2, 0.25) is 10.0 Å². The number of aryl methyl sites for hydroxylation is 1. The molecule has 0 atom stereocenters. The summed E-state index contributed by atoms with van der Waals surface area (Å²) < 4.78 is 25.3. The fourth-order valence-electron chi connectivity index (χ4n) is 3.08. The van der Waals surface area contributed by atoms with Crippen molar-refractivity contribution in [2.75, 3.05) is 19.4 Å². The molecule has 9 heteroatoms. The average molecular weight is 408 g/mol. The monoisotopic (exact) mass is 407 g/mol. The molecule has 1 aliphatic carbocycles. The van der Waals surface area contributed by atoms with Crippen molar-refractivity contribution in [2.24, 2.45) is 5.73 Å². The van der Waals surface area contributed by atoms with Gasteiger partial charge in [0.1, 0.15) is 5.00 Å². The quantitative estimate of drug-likeness (QED) is 0.792. The maximum atomic E-state index is 12.6. The van der Waals surface area contributed by atoms with Gasteiger partial charge in [0, 0.05) is 24.5 Å². The Morgan fingerprint density at radius 3 is 2.33 bits per heavy atom. The van der Waals surface area contributed by atoms with Gasteiger partial charge in [-0.1, -0.05) is 0 Å². The molecule has 27 heavy (non-hydrogen) atoms. The smallest absolute Gasteiger partial charge is 0.256 e. The van der Waals surface area contributed by atoms with E-state index in [1.807, 2.05) is 0 Å². The molecule has 0 radical (unpaired) electrons. The molecule has 3 rings (SSSR count). The third kappa shape index (κ3) is 3.76. The first kappa shape index (κ1) is 19.5. The van der Waals surface area contributed by atoms with Crippen LogP contribution in [0.4, 0.5) is 5.00 Å². The topological polar surface area (TPSA) is 110 Å². The molecule has 0 unspecified atom stereocenters. The van der Waals surface area contributed by atoms with Crippen molar-refractivity contribution in [1.82, 2.24) is 4.31 Å². The van der Waals surface area contributed by atoms with Crippen LogP contribution in [0, 0.1) is 0 Å². The van der Waals surface area contributed by atoms with Gasteiger partial charge in [-0.3, -0.25) is 9.59 Å². The molecule has 0 fully saturated rings. The summed E-state index contributed by atoms with van der Waals surface area (Å²) in [5, 5.41) is 3.23. The third-order valence-corrected chi connectivity index (χ3v) is 7.58. The van der Waals surface area contributed by atoms with Gasteiger partial charge in [-0.2, -0.15) is 0 Å². The van der Waals surface area contributed by atoms with E-state index < -0.39 is 21.8 Å². The largest absolute Gasteiger partial charge is 0.365 e. The Labute approximate surface area is 162 Å². The van der Waals surface area contributed by atoms with Crippen molar-refractivity contribution in [3.05, 3.63) is 45.8 Å². The van der Waals surface area contributed by atoms with E-state index in [4.69, 9.17) is 5.73 Å². The molecule has 1 aliphatic rings. The Bertz CT molecular complexity index is 992. The van der Waals surface area contributed by atoms with Crippen LogP contribution < -0.4 is 11.1 Å². The zero-order chi connectivity index (χ0) is 19.8. The van der Waals surface area contributed by atoms with Crippen LogP contribution in [0.5, 0.6) is 0 Å². The highest BCUT2D eigenvalue weighted by Gasteiger charge is 2.25. The van der Waals surface area contributed by atoms with Gasteiger partial charge >= 0.3 is 0 Å². The van der Waals surface area contributed by atoms with E-state index in [0.717, 1.165) is 40.4 Å². The summed E-state index contributed by atoms with van der Waals surface area (Å²) in [4.78, 5) is 25.7. The Balaban J connectivity index is 1.86. The van der Waals surface area contributed by atoms with E-state index in [9.17, 15) is 18.0 Å². The van der Waals surface area contributed by atoms with Crippen molar-refractivity contribution in [3.63, 3.8) is 0 Å². The van der Waals surface area contributed by atoms with E-state index in [2.05, 4.69) is 5.32 Å². The molecule has 7 nitrogen and oxygen atoms in total. The number of hydrogen-bond acceptors (Lipinski definition) is 5. The number of anilines is 1. The highest BCUT2D eigenvalue weighted by Crippen LogP contribution is 2.38. The van der Waals surface area contributed by atoms with E-state index in [1.54, 1.807) is 0 Å². The van der Waals surface area contributed by atoms with E-state index in [0.29, 0.717) is 16.1 Å². The van der Waals surface area contributed by atoms with Crippen LogP contribution in [0.3, 0.4) is 0 Å². The number of fused-ring (bicyclic) bond motifs is 1. The molecule has 0 aliphatic heterocycles. The summed E-state index contributed by atoms with van der Waals surface area (Å²) >= 11 is 1.39. The number of hydrogen-bond donors (Lipinski definition) is 2. The van der Waals surface area contributed by atoms with Gasteiger partial charge in [0.05, 0.1) is 10.5 Å². The average Bonchev–Trinajstić information content (AvgIpc) is 2.99. The first-order valence-corrected chi connectivity index (χ1v) is 10.8. The standard InChI is InChI=1S/C18H21N3O4S2/c1-21(2)27(24,25)12-9-7-11(8-10-12)17(23)20-18-15(16(19)22)13-5-3-4-6-14(13)26-18/h7-10H,3-6H2,1-2H3,(H2,19,22)(H,20,23). The van der Waals surface area contributed by atoms with Crippen molar-refractivity contribution in [1.29, 1.82) is 0 Å². The lowest BCUT2D eigenvalue weighted by atomic mass is 9.95. The first-order chi connectivity index (χ1) is 12.7. The van der Waals surface area contributed by atoms with E-state index in [-0.39, 0.29) is 4.90 Å². The molecule has 2 aromatic rings. The Kier molecular flexibility index (Phi) is 5.36. The third-order valence-electron chi connectivity index (χ3n) is 4.54. The molecule has 0 saturated heterocycles. The second-order valence-corrected chi connectivity index (χ2v) is 9.80. The molecule has 3 N–H and O–H groups in total. The summed E-state index contributed by atoms with van der Waals surface area (Å²) in [5.41, 5.74) is 7.18. The number of benzene rings is 1. The summed E-state index contributed by atoms with van der Waals surface area (Å²) in [7, 11) is -0.667. The van der Waals surface area contributed by atoms with Crippen LogP contribution in [-0.2, 0) is 22.9 Å². The van der Waals surface area contributed by atoms with Crippen LogP contribution in [0.15, 0.2) is 29.2 Å². The maximum Gasteiger partial charge on any atom is 0.256 e. The molecular formula is C18H21N3O4S2. The minimum absolute atomic E-state index is 0.105. The minimum atomic E-state index is -3.56. The van der Waals surface area contributed by atoms with Crippen molar-refractivity contribution in [2.45, 2.75) is 30.6 Å². The fraction of sp³-hybridized carbons (Fsp3) is 0.333. The summed E-state index contributed by atoms with van der Waals surface area (Å²) in [6, 6.07) is 5.67. The number of nitrogens with one attached hydrogen (secondary N) is 1. The lowest BCUT2D eigenvalue weighted by Gasteiger charge is -2.12. The molecule has 1 aromatic heterocycles. The number of amides is 2. The number of nitrogens with zero attached hydrogens (tertiary/aromatic N) is 1. The van der Waals surface area contributed by atoms with Crippen LogP contribution in [0.2, 0.25) is 0 Å². The number of carbonyl (C=O) groups excluding carboxylic acids is 2. The second kappa shape index (κ2) is 7.41. The summed E-state index contributed by atoms with van der Waals surface area (Å²) in [6.07, 6.45) is 3.73. The maximum absolute atomic E-state index is 12.6. The van der Waals surface area contributed by atoms with Gasteiger partial charge in [0.25, 0.3) is 11.8 Å². The normalized spacial score (nSPS) is 14.0. The van der Waals surface area contributed by atoms with Gasteiger partial charge in [0.15, 0.2) is 0 Å². The van der Waals surface area contributed by atoms with E-state index in [1.165, 1.54) is 49.7 Å². The van der Waals surface area contributed by atoms with Crippen molar-refractivity contribution < 1.29 is 18.0 Å². The molecular weight excluding hydrogens is 386 g/mol. The minimum Gasteiger partial charge on any atom is -0.365 e. The van der Waals surface area contributed by atoms with Crippen LogP contribution in [0.1, 0.15) is 44.0 Å². The molecule has 144 valence electrons. The summed E-state index contributed by atoms with van der Waals surface area (Å²) in [6.45, 7) is 0. The molecule has 0 bridgehead atoms. The van der Waals surface area contributed by atoms with Crippen molar-refractivity contribution >= 4 is 38.2 Å². The predicted molar refractivity (Wildman–Crippen MR) is 105 cm³/mol. The van der Waals surface area contributed by atoms with Crippen molar-refractivity contribution in [3.8, 4) is 0 Å². The molecule has 1 aromatic carbocycles. The molecule has 0 spiro atoms. The second-order valence-electron chi connectivity index (χ2n) is 6.55. The van der Waals surface area contributed by atoms with Gasteiger partial charge in [-0.15, -0.1) is 11.3 Å². The van der Waals surface area contributed by atoms with Gasteiger partial charge < -0.3 is 11.1 Å². The van der Waals surface area contributed by atoms with Crippen LogP contribution >= 0.6 is 11.3 Å². The van der Waals surface area contributed by atoms with Crippen LogP contribution in [0.25, 0.3) is 0 Å². The number of nitrogens with two attached hydrogens (primary N) is 1. The lowest BCUT2D eigenvalue weighted by molar-refractivity contribution is 0.100. The first-order valence-electron chi connectivity index (χ1n) is 8.50. The number of carbonyl (C=O) groups is 2. The number of thiophene rings is 1. The van der Waals surface area contributed by atoms with E-state index >= 15 is 0 Å². The molecule has 1 heterocycles. The molecule has 2 amide bonds. The van der Waals surface area contributed by atoms with Crippen LogP contribution in [-0.4, -0.2) is 38.6 Å². The Hall–Kier alpha value is -2.23. The van der Waals surface area contributed by atoms with Gasteiger partial charge in [-0.25, -0.2) is 12.7 Å². The highest BCUT2D eigenvalue weighted by atomic mass is 32.2. The molecule has 0 saturated carbocycles. The number of rotatable bonds is 5. The van der Waals surface area contributed by atoms with Gasteiger partial charge in [-0.05, 0) is 55.5 Å². The number of primary amides is 1. The fourth-order valence-corrected chi connectivity index (χ4v) is 5.27. The SMILES string of the molecule is CN(C)S(=O)(=O)c1ccc(C(=O)Nc2sc3c(c2C(N)=O)CCCC3)cc1. The number of sulfonamides is 1. The predicted octanol–water partition coefficient (Wildman–Crippen LogP) is 2.23. The highest BCUT2D eigenvalue weighted by molar-refractivity contribution is 7.89.